The fraction of sp³-hybridized carbons (Fsp3) is 0.300. The predicted molar refractivity (Wildman–Crippen MR) is 60.1 cm³/mol. The smallest absolute Gasteiger partial charge is 0.397 e. The number of carbonyl (C=O) groups excluding carboxylic acids is 1. The third kappa shape index (κ3) is 3.69. The van der Waals surface area contributed by atoms with E-state index in [9.17, 15) is 31.1 Å². The van der Waals surface area contributed by atoms with E-state index in [0.29, 0.717) is 0 Å². The van der Waals surface area contributed by atoms with Crippen molar-refractivity contribution in [2.24, 2.45) is 5.92 Å². The first kappa shape index (κ1) is 16.4. The van der Waals surface area contributed by atoms with Crippen molar-refractivity contribution in [1.82, 2.24) is 0 Å². The summed E-state index contributed by atoms with van der Waals surface area (Å²) in [6.07, 6.45) is -11.6. The van der Waals surface area contributed by atoms with Crippen molar-refractivity contribution in [3.63, 3.8) is 0 Å². The second kappa shape index (κ2) is 5.39. The van der Waals surface area contributed by atoms with Crippen molar-refractivity contribution in [3.8, 4) is 0 Å². The van der Waals surface area contributed by atoms with Crippen LogP contribution in [-0.4, -0.2) is 18.3 Å². The van der Waals surface area contributed by atoms with Crippen LogP contribution >= 0.6 is 11.6 Å². The van der Waals surface area contributed by atoms with Gasteiger partial charge in [0.2, 0.25) is 11.8 Å². The lowest BCUT2D eigenvalue weighted by Crippen LogP contribution is -2.45. The molecule has 0 aromatic heterocycles. The normalized spacial score (nSPS) is 12.6. The summed E-state index contributed by atoms with van der Waals surface area (Å²) in [4.78, 5) is 11.2. The maximum absolute atomic E-state index is 12.3. The van der Waals surface area contributed by atoms with Crippen LogP contribution in [0.4, 0.5) is 37.7 Å². The Morgan fingerprint density at radius 3 is 2.05 bits per heavy atom. The number of nitrogens with two attached hydrogens (primary N) is 1. The molecule has 112 valence electrons. The van der Waals surface area contributed by atoms with Crippen LogP contribution in [0.1, 0.15) is 0 Å². The molecule has 3 nitrogen and oxygen atoms in total. The van der Waals surface area contributed by atoms with Crippen LogP contribution < -0.4 is 11.1 Å². The number of para-hydroxylation sites is 1. The van der Waals surface area contributed by atoms with Gasteiger partial charge < -0.3 is 11.1 Å². The van der Waals surface area contributed by atoms with Crippen LogP contribution in [-0.2, 0) is 4.79 Å². The number of nitrogens with one attached hydrogen (secondary N) is 1. The summed E-state index contributed by atoms with van der Waals surface area (Å²) in [6.45, 7) is 0. The van der Waals surface area contributed by atoms with E-state index in [1.807, 2.05) is 0 Å². The van der Waals surface area contributed by atoms with Crippen LogP contribution in [0.25, 0.3) is 0 Å². The molecule has 0 aliphatic carbocycles. The van der Waals surface area contributed by atoms with E-state index >= 15 is 0 Å². The molecule has 1 aromatic rings. The Labute approximate surface area is 113 Å². The molecule has 1 rings (SSSR count). The molecule has 10 heteroatoms. The average Bonchev–Trinajstić information content (AvgIpc) is 2.19. The molecule has 0 saturated heterocycles. The third-order valence-electron chi connectivity index (χ3n) is 2.21. The van der Waals surface area contributed by atoms with E-state index in [4.69, 9.17) is 17.3 Å². The Hall–Kier alpha value is -1.64. The number of nitrogen functional groups attached to an aromatic ring is 1. The lowest BCUT2D eigenvalue weighted by molar-refractivity contribution is -0.272. The maximum atomic E-state index is 12.3. The summed E-state index contributed by atoms with van der Waals surface area (Å²) in [5, 5.41) is 1.18. The van der Waals surface area contributed by atoms with Gasteiger partial charge in [-0.1, -0.05) is 17.7 Å². The van der Waals surface area contributed by atoms with Gasteiger partial charge >= 0.3 is 12.4 Å². The number of hydrogen-bond donors (Lipinski definition) is 2. The number of hydrogen-bond acceptors (Lipinski definition) is 2. The zero-order chi connectivity index (χ0) is 15.7. The highest BCUT2D eigenvalue weighted by Crippen LogP contribution is 2.40. The second-order valence-corrected chi connectivity index (χ2v) is 4.12. The van der Waals surface area contributed by atoms with E-state index in [0.717, 1.165) is 12.1 Å². The first-order valence-electron chi connectivity index (χ1n) is 4.93. The Bertz CT molecular complexity index is 479. The lowest BCUT2D eigenvalue weighted by Gasteiger charge is -2.22. The number of alkyl halides is 6. The molecule has 0 atom stereocenters. The molecule has 0 heterocycles. The van der Waals surface area contributed by atoms with Crippen molar-refractivity contribution >= 4 is 28.9 Å². The minimum Gasteiger partial charge on any atom is -0.397 e. The molecular weight excluding hydrogens is 314 g/mol. The summed E-state index contributed by atoms with van der Waals surface area (Å²) in [6, 6.07) is 3.64. The zero-order valence-corrected chi connectivity index (χ0v) is 10.2. The molecule has 3 N–H and O–H groups in total. The van der Waals surface area contributed by atoms with E-state index in [1.165, 1.54) is 11.4 Å². The Balaban J connectivity index is 3.11. The molecular formula is C10H7ClF6N2O. The fourth-order valence-corrected chi connectivity index (χ4v) is 1.58. The molecule has 0 aliphatic heterocycles. The first-order valence-corrected chi connectivity index (χ1v) is 5.30. The van der Waals surface area contributed by atoms with Gasteiger partial charge in [-0.25, -0.2) is 0 Å². The number of amides is 1. The standard InChI is InChI=1S/C10H7ClF6N2O/c11-4-2-1-3-5(18)6(4)19-8(20)7(9(12,13)14)10(15,16)17/h1-3,7H,18H2,(H,19,20). The van der Waals surface area contributed by atoms with Crippen LogP contribution in [0.15, 0.2) is 18.2 Å². The Morgan fingerprint density at radius 1 is 1.15 bits per heavy atom. The van der Waals surface area contributed by atoms with Crippen molar-refractivity contribution in [2.45, 2.75) is 12.4 Å². The minimum absolute atomic E-state index is 0.256. The molecule has 1 aromatic carbocycles. The van der Waals surface area contributed by atoms with Crippen LogP contribution in [0, 0.1) is 5.92 Å². The number of benzene rings is 1. The number of rotatable bonds is 2. The molecule has 0 radical (unpaired) electrons. The van der Waals surface area contributed by atoms with Crippen molar-refractivity contribution < 1.29 is 31.1 Å². The van der Waals surface area contributed by atoms with Crippen LogP contribution in [0.2, 0.25) is 5.02 Å². The fourth-order valence-electron chi connectivity index (χ4n) is 1.35. The summed E-state index contributed by atoms with van der Waals surface area (Å²) in [7, 11) is 0. The summed E-state index contributed by atoms with van der Waals surface area (Å²) in [5.41, 5.74) is 4.57. The first-order chi connectivity index (χ1) is 8.94. The predicted octanol–water partition coefficient (Wildman–Crippen LogP) is 3.60. The van der Waals surface area contributed by atoms with Gasteiger partial charge in [0, 0.05) is 0 Å². The topological polar surface area (TPSA) is 55.1 Å². The van der Waals surface area contributed by atoms with Gasteiger partial charge in [0.05, 0.1) is 16.4 Å². The van der Waals surface area contributed by atoms with Gasteiger partial charge in [-0.2, -0.15) is 26.3 Å². The minimum atomic E-state index is -5.78. The summed E-state index contributed by atoms with van der Waals surface area (Å²) >= 11 is 5.55. The summed E-state index contributed by atoms with van der Waals surface area (Å²) in [5.74, 6) is -6.46. The molecule has 0 spiro atoms. The van der Waals surface area contributed by atoms with Crippen molar-refractivity contribution in [1.29, 1.82) is 0 Å². The number of anilines is 2. The summed E-state index contributed by atoms with van der Waals surface area (Å²) < 4.78 is 74.0. The second-order valence-electron chi connectivity index (χ2n) is 3.71. The highest BCUT2D eigenvalue weighted by Gasteiger charge is 2.61. The molecule has 1 amide bonds. The van der Waals surface area contributed by atoms with Gasteiger partial charge in [-0.3, -0.25) is 4.79 Å². The molecule has 20 heavy (non-hydrogen) atoms. The van der Waals surface area contributed by atoms with Gasteiger partial charge in [-0.05, 0) is 12.1 Å². The number of halogens is 7. The van der Waals surface area contributed by atoms with Crippen LogP contribution in [0.5, 0.6) is 0 Å². The highest BCUT2D eigenvalue weighted by molar-refractivity contribution is 6.34. The van der Waals surface area contributed by atoms with E-state index in [1.54, 1.807) is 0 Å². The lowest BCUT2D eigenvalue weighted by atomic mass is 10.1. The monoisotopic (exact) mass is 320 g/mol. The zero-order valence-electron chi connectivity index (χ0n) is 9.44. The van der Waals surface area contributed by atoms with Gasteiger partial charge in [0.15, 0.2) is 0 Å². The average molecular weight is 321 g/mol. The van der Waals surface area contributed by atoms with E-state index < -0.39 is 29.9 Å². The van der Waals surface area contributed by atoms with Crippen LogP contribution in [0.3, 0.4) is 0 Å². The van der Waals surface area contributed by atoms with Crippen molar-refractivity contribution in [2.75, 3.05) is 11.1 Å². The molecule has 0 saturated carbocycles. The van der Waals surface area contributed by atoms with Gasteiger partial charge in [0.1, 0.15) is 0 Å². The SMILES string of the molecule is Nc1cccc(Cl)c1NC(=O)C(C(F)(F)F)C(F)(F)F. The molecule has 0 aliphatic rings. The van der Waals surface area contributed by atoms with E-state index in [-0.39, 0.29) is 10.7 Å². The molecule has 0 fully saturated rings. The van der Waals surface area contributed by atoms with E-state index in [2.05, 4.69) is 0 Å². The molecule has 0 unspecified atom stereocenters. The Morgan fingerprint density at radius 2 is 1.65 bits per heavy atom. The number of carbonyl (C=O) groups is 1. The third-order valence-corrected chi connectivity index (χ3v) is 2.53. The Kier molecular flexibility index (Phi) is 4.42. The van der Waals surface area contributed by atoms with Gasteiger partial charge in [-0.15, -0.1) is 0 Å². The quantitative estimate of drug-likeness (QED) is 0.646. The largest absolute Gasteiger partial charge is 0.409 e. The maximum Gasteiger partial charge on any atom is 0.409 e. The molecule has 0 bridgehead atoms. The van der Waals surface area contributed by atoms with Crippen molar-refractivity contribution in [3.05, 3.63) is 23.2 Å². The highest BCUT2D eigenvalue weighted by atomic mass is 35.5. The van der Waals surface area contributed by atoms with Gasteiger partial charge in [0.25, 0.3) is 0 Å².